The molecule has 0 saturated heterocycles. The summed E-state index contributed by atoms with van der Waals surface area (Å²) in [5, 5.41) is 6.64. The van der Waals surface area contributed by atoms with Gasteiger partial charge in [-0.2, -0.15) is 18.5 Å². The highest BCUT2D eigenvalue weighted by atomic mass is 32.2. The van der Waals surface area contributed by atoms with Gasteiger partial charge in [0.05, 0.1) is 0 Å². The lowest BCUT2D eigenvalue weighted by molar-refractivity contribution is 0.595. The van der Waals surface area contributed by atoms with E-state index in [1.807, 2.05) is 0 Å². The lowest BCUT2D eigenvalue weighted by Gasteiger charge is -2.08. The fourth-order valence-corrected chi connectivity index (χ4v) is 3.29. The summed E-state index contributed by atoms with van der Waals surface area (Å²) >= 11 is 0. The molecule has 0 aromatic carbocycles. The average molecular weight is 307 g/mol. The number of nitrogens with one attached hydrogen (secondary N) is 2. The molecule has 110 valence electrons. The van der Waals surface area contributed by atoms with E-state index >= 15 is 0 Å². The Kier molecular flexibility index (Phi) is 3.01. The van der Waals surface area contributed by atoms with Gasteiger partial charge in [-0.25, -0.2) is 14.4 Å². The van der Waals surface area contributed by atoms with Crippen molar-refractivity contribution in [1.82, 2.24) is 24.1 Å². The Hall–Kier alpha value is -2.62. The maximum Gasteiger partial charge on any atom is 0.284 e. The molecule has 3 aromatic rings. The van der Waals surface area contributed by atoms with Crippen LogP contribution in [0.5, 0.6) is 0 Å². The fraction of sp³-hybridized carbons (Fsp3) is 0.182. The Balaban J connectivity index is 2.16. The second-order valence-electron chi connectivity index (χ2n) is 4.26. The molecule has 0 aliphatic carbocycles. The summed E-state index contributed by atoms with van der Waals surface area (Å²) in [5.41, 5.74) is 0.528. The molecule has 0 aliphatic heterocycles. The molecule has 0 spiro atoms. The highest BCUT2D eigenvalue weighted by Crippen LogP contribution is 2.23. The van der Waals surface area contributed by atoms with Crippen LogP contribution < -0.4 is 10.0 Å². The molecule has 0 saturated carbocycles. The zero-order valence-corrected chi connectivity index (χ0v) is 12.2. The number of nitrogens with zero attached hydrogens (tertiary/aromatic N) is 5. The van der Waals surface area contributed by atoms with Gasteiger partial charge in [-0.15, -0.1) is 0 Å². The first kappa shape index (κ1) is 13.4. The fourth-order valence-electron chi connectivity index (χ4n) is 1.95. The minimum atomic E-state index is -3.87. The molecule has 0 atom stereocenters. The van der Waals surface area contributed by atoms with Crippen LogP contribution in [0.15, 0.2) is 35.7 Å². The number of fused-ring (bicyclic) bond motifs is 1. The molecular weight excluding hydrogens is 294 g/mol. The SMILES string of the molecule is CNc1nc2ccccn2c1S(=O)(=O)Nc1ncnn1C. The molecule has 21 heavy (non-hydrogen) atoms. The molecule has 2 N–H and O–H groups in total. The Morgan fingerprint density at radius 2 is 2.10 bits per heavy atom. The molecule has 0 radical (unpaired) electrons. The van der Waals surface area contributed by atoms with E-state index in [2.05, 4.69) is 25.1 Å². The summed E-state index contributed by atoms with van der Waals surface area (Å²) in [4.78, 5) is 8.10. The monoisotopic (exact) mass is 307 g/mol. The lowest BCUT2D eigenvalue weighted by Crippen LogP contribution is -2.19. The summed E-state index contributed by atoms with van der Waals surface area (Å²) in [6.07, 6.45) is 2.90. The van der Waals surface area contributed by atoms with Gasteiger partial charge in [0.15, 0.2) is 5.82 Å². The van der Waals surface area contributed by atoms with Crippen LogP contribution in [0.3, 0.4) is 0 Å². The highest BCUT2D eigenvalue weighted by Gasteiger charge is 2.26. The van der Waals surface area contributed by atoms with Crippen LogP contribution in [0.4, 0.5) is 11.8 Å². The number of imidazole rings is 1. The average Bonchev–Trinajstić information content (AvgIpc) is 3.02. The molecule has 3 rings (SSSR count). The van der Waals surface area contributed by atoms with E-state index in [9.17, 15) is 8.42 Å². The molecule has 0 bridgehead atoms. The zero-order chi connectivity index (χ0) is 15.0. The van der Waals surface area contributed by atoms with Crippen molar-refractivity contribution in [2.45, 2.75) is 5.03 Å². The number of aryl methyl sites for hydroxylation is 1. The molecule has 9 nitrogen and oxygen atoms in total. The minimum Gasteiger partial charge on any atom is -0.371 e. The van der Waals surface area contributed by atoms with Crippen molar-refractivity contribution in [3.05, 3.63) is 30.7 Å². The second kappa shape index (κ2) is 4.74. The van der Waals surface area contributed by atoms with Gasteiger partial charge >= 0.3 is 0 Å². The van der Waals surface area contributed by atoms with E-state index in [-0.39, 0.29) is 16.8 Å². The molecule has 3 heterocycles. The van der Waals surface area contributed by atoms with E-state index in [1.54, 1.807) is 38.5 Å². The summed E-state index contributed by atoms with van der Waals surface area (Å²) in [5.74, 6) is 0.388. The van der Waals surface area contributed by atoms with Crippen molar-refractivity contribution in [3.63, 3.8) is 0 Å². The number of hydrogen-bond acceptors (Lipinski definition) is 6. The molecule has 0 aliphatic rings. The van der Waals surface area contributed by atoms with Crippen LogP contribution in [0.2, 0.25) is 0 Å². The van der Waals surface area contributed by atoms with E-state index < -0.39 is 10.0 Å². The predicted molar refractivity (Wildman–Crippen MR) is 76.6 cm³/mol. The number of rotatable bonds is 4. The third kappa shape index (κ3) is 2.18. The van der Waals surface area contributed by atoms with Crippen molar-refractivity contribution in [2.24, 2.45) is 7.05 Å². The third-order valence-electron chi connectivity index (χ3n) is 2.91. The predicted octanol–water partition coefficient (Wildman–Crippen LogP) is 0.305. The van der Waals surface area contributed by atoms with Crippen molar-refractivity contribution >= 4 is 27.4 Å². The zero-order valence-electron chi connectivity index (χ0n) is 11.3. The van der Waals surface area contributed by atoms with Crippen molar-refractivity contribution < 1.29 is 8.42 Å². The first-order valence-electron chi connectivity index (χ1n) is 6.04. The van der Waals surface area contributed by atoms with Crippen LogP contribution in [0.1, 0.15) is 0 Å². The Morgan fingerprint density at radius 1 is 1.29 bits per heavy atom. The second-order valence-corrected chi connectivity index (χ2v) is 5.85. The Morgan fingerprint density at radius 3 is 2.76 bits per heavy atom. The van der Waals surface area contributed by atoms with Gasteiger partial charge in [0.2, 0.25) is 11.0 Å². The summed E-state index contributed by atoms with van der Waals surface area (Å²) in [7, 11) is -0.657. The van der Waals surface area contributed by atoms with E-state index in [4.69, 9.17) is 0 Å². The third-order valence-corrected chi connectivity index (χ3v) is 4.26. The van der Waals surface area contributed by atoms with Gasteiger partial charge in [-0.05, 0) is 12.1 Å². The van der Waals surface area contributed by atoms with Crippen molar-refractivity contribution in [3.8, 4) is 0 Å². The normalized spacial score (nSPS) is 11.7. The minimum absolute atomic E-state index is 0.0172. The highest BCUT2D eigenvalue weighted by molar-refractivity contribution is 7.92. The molecule has 0 amide bonds. The summed E-state index contributed by atoms with van der Waals surface area (Å²) in [6.45, 7) is 0. The Labute approximate surface area is 120 Å². The molecule has 0 fully saturated rings. The molecule has 0 unspecified atom stereocenters. The van der Waals surface area contributed by atoms with Crippen LogP contribution in [-0.4, -0.2) is 39.6 Å². The number of sulfonamides is 1. The van der Waals surface area contributed by atoms with Crippen LogP contribution in [0, 0.1) is 0 Å². The van der Waals surface area contributed by atoms with Crippen LogP contribution in [-0.2, 0) is 17.1 Å². The van der Waals surface area contributed by atoms with Gasteiger partial charge in [-0.1, -0.05) is 6.07 Å². The van der Waals surface area contributed by atoms with Gasteiger partial charge in [0.25, 0.3) is 10.0 Å². The van der Waals surface area contributed by atoms with Crippen LogP contribution in [0.25, 0.3) is 5.65 Å². The number of anilines is 2. The number of aromatic nitrogens is 5. The molecule has 10 heteroatoms. The van der Waals surface area contributed by atoms with Gasteiger partial charge in [0.1, 0.15) is 12.0 Å². The summed E-state index contributed by atoms with van der Waals surface area (Å²) in [6, 6.07) is 5.24. The van der Waals surface area contributed by atoms with Crippen molar-refractivity contribution in [2.75, 3.05) is 17.1 Å². The van der Waals surface area contributed by atoms with Gasteiger partial charge in [0, 0.05) is 20.3 Å². The lowest BCUT2D eigenvalue weighted by atomic mass is 10.5. The first-order chi connectivity index (χ1) is 10.0. The van der Waals surface area contributed by atoms with E-state index in [1.165, 1.54) is 15.4 Å². The smallest absolute Gasteiger partial charge is 0.284 e. The van der Waals surface area contributed by atoms with E-state index in [0.717, 1.165) is 0 Å². The van der Waals surface area contributed by atoms with Gasteiger partial charge in [-0.3, -0.25) is 4.40 Å². The number of hydrogen-bond donors (Lipinski definition) is 2. The van der Waals surface area contributed by atoms with Crippen molar-refractivity contribution in [1.29, 1.82) is 0 Å². The largest absolute Gasteiger partial charge is 0.371 e. The standard InChI is InChI=1S/C11H13N7O2S/c1-12-9-10(18-6-4-3-5-8(18)15-9)21(19,20)16-11-13-7-14-17(11)2/h3-7,12H,1-2H3,(H,13,14,16). The maximum absolute atomic E-state index is 12.6. The van der Waals surface area contributed by atoms with E-state index in [0.29, 0.717) is 5.65 Å². The maximum atomic E-state index is 12.6. The first-order valence-corrected chi connectivity index (χ1v) is 7.53. The molecule has 3 aromatic heterocycles. The molecular formula is C11H13N7O2S. The van der Waals surface area contributed by atoms with Gasteiger partial charge < -0.3 is 5.32 Å². The Bertz CT molecular complexity index is 896. The van der Waals surface area contributed by atoms with Crippen LogP contribution >= 0.6 is 0 Å². The quantitative estimate of drug-likeness (QED) is 0.718. The topological polar surface area (TPSA) is 106 Å². The number of pyridine rings is 1. The summed E-state index contributed by atoms with van der Waals surface area (Å²) < 4.78 is 30.4.